The van der Waals surface area contributed by atoms with Crippen molar-refractivity contribution in [3.63, 3.8) is 0 Å². The van der Waals surface area contributed by atoms with Crippen molar-refractivity contribution >= 4 is 5.97 Å². The molecule has 0 unspecified atom stereocenters. The molecule has 0 aromatic rings. The molecular formula is C9H15F2NO2. The molecular weight excluding hydrogens is 192 g/mol. The second-order valence-electron chi connectivity index (χ2n) is 3.34. The predicted molar refractivity (Wildman–Crippen MR) is 46.9 cm³/mol. The average Bonchev–Trinajstić information content (AvgIpc) is 2.18. The van der Waals surface area contributed by atoms with Gasteiger partial charge in [0, 0.05) is 13.1 Å². The van der Waals surface area contributed by atoms with E-state index in [4.69, 9.17) is 4.74 Å². The first-order chi connectivity index (χ1) is 6.65. The van der Waals surface area contributed by atoms with Crippen LogP contribution in [-0.4, -0.2) is 37.1 Å². The number of halogens is 2. The second-order valence-corrected chi connectivity index (χ2v) is 3.34. The maximum absolute atomic E-state index is 12.2. The fourth-order valence-corrected chi connectivity index (χ4v) is 1.59. The van der Waals surface area contributed by atoms with Crippen molar-refractivity contribution in [3.05, 3.63) is 0 Å². The van der Waals surface area contributed by atoms with Crippen molar-refractivity contribution in [2.24, 2.45) is 5.92 Å². The largest absolute Gasteiger partial charge is 0.466 e. The number of alkyl halides is 2. The molecule has 0 atom stereocenters. The van der Waals surface area contributed by atoms with Crippen LogP contribution in [0, 0.1) is 5.92 Å². The lowest BCUT2D eigenvalue weighted by Gasteiger charge is -2.29. The minimum absolute atomic E-state index is 0.190. The molecule has 0 aliphatic carbocycles. The summed E-state index contributed by atoms with van der Waals surface area (Å²) in [7, 11) is 0. The van der Waals surface area contributed by atoms with Gasteiger partial charge in [-0.25, -0.2) is 4.90 Å². The molecule has 1 heterocycles. The molecule has 0 N–H and O–H groups in total. The van der Waals surface area contributed by atoms with Gasteiger partial charge in [0.25, 0.3) is 6.55 Å². The van der Waals surface area contributed by atoms with Crippen LogP contribution < -0.4 is 0 Å². The lowest BCUT2D eigenvalue weighted by atomic mass is 9.97. The Morgan fingerprint density at radius 3 is 2.50 bits per heavy atom. The number of hydrogen-bond acceptors (Lipinski definition) is 3. The molecule has 0 radical (unpaired) electrons. The van der Waals surface area contributed by atoms with Gasteiger partial charge in [0.1, 0.15) is 0 Å². The highest BCUT2D eigenvalue weighted by atomic mass is 19.3. The van der Waals surface area contributed by atoms with Crippen molar-refractivity contribution in [1.82, 2.24) is 4.90 Å². The van der Waals surface area contributed by atoms with Crippen LogP contribution in [0.25, 0.3) is 0 Å². The summed E-state index contributed by atoms with van der Waals surface area (Å²) in [5, 5.41) is 0. The lowest BCUT2D eigenvalue weighted by molar-refractivity contribution is -0.151. The summed E-state index contributed by atoms with van der Waals surface area (Å²) < 4.78 is 29.2. The first-order valence-corrected chi connectivity index (χ1v) is 4.84. The SMILES string of the molecule is CCOC(=O)C1CCN(C(F)F)CC1. The van der Waals surface area contributed by atoms with Gasteiger partial charge in [-0.05, 0) is 19.8 Å². The first kappa shape index (κ1) is 11.4. The van der Waals surface area contributed by atoms with Gasteiger partial charge in [-0.2, -0.15) is 8.78 Å². The van der Waals surface area contributed by atoms with Crippen molar-refractivity contribution in [1.29, 1.82) is 0 Å². The Morgan fingerprint density at radius 1 is 1.50 bits per heavy atom. The minimum atomic E-state index is -2.40. The van der Waals surface area contributed by atoms with E-state index in [1.54, 1.807) is 6.92 Å². The quantitative estimate of drug-likeness (QED) is 0.518. The number of ether oxygens (including phenoxy) is 1. The van der Waals surface area contributed by atoms with Crippen LogP contribution >= 0.6 is 0 Å². The smallest absolute Gasteiger partial charge is 0.309 e. The molecule has 1 saturated heterocycles. The third-order valence-corrected chi connectivity index (χ3v) is 2.43. The molecule has 0 aromatic heterocycles. The Balaban J connectivity index is 2.31. The summed E-state index contributed by atoms with van der Waals surface area (Å²) in [5.74, 6) is -0.439. The number of piperidine rings is 1. The summed E-state index contributed by atoms with van der Waals surface area (Å²) in [5.41, 5.74) is 0. The minimum Gasteiger partial charge on any atom is -0.466 e. The van der Waals surface area contributed by atoms with E-state index in [0.717, 1.165) is 4.90 Å². The number of esters is 1. The third-order valence-electron chi connectivity index (χ3n) is 2.43. The highest BCUT2D eigenvalue weighted by Crippen LogP contribution is 2.20. The molecule has 3 nitrogen and oxygen atoms in total. The van der Waals surface area contributed by atoms with Crippen LogP contribution in [0.1, 0.15) is 19.8 Å². The lowest BCUT2D eigenvalue weighted by Crippen LogP contribution is -2.39. The highest BCUT2D eigenvalue weighted by molar-refractivity contribution is 5.72. The van der Waals surface area contributed by atoms with Crippen molar-refractivity contribution < 1.29 is 18.3 Å². The molecule has 1 aliphatic rings. The Kier molecular flexibility index (Phi) is 4.25. The highest BCUT2D eigenvalue weighted by Gasteiger charge is 2.28. The normalized spacial score (nSPS) is 20.0. The fourth-order valence-electron chi connectivity index (χ4n) is 1.59. The summed E-state index contributed by atoms with van der Waals surface area (Å²) >= 11 is 0. The van der Waals surface area contributed by atoms with E-state index in [0.29, 0.717) is 19.4 Å². The summed E-state index contributed by atoms with van der Waals surface area (Å²) in [6, 6.07) is 0. The first-order valence-electron chi connectivity index (χ1n) is 4.84. The zero-order chi connectivity index (χ0) is 10.6. The molecule has 0 saturated carbocycles. The average molecular weight is 207 g/mol. The van der Waals surface area contributed by atoms with E-state index in [1.165, 1.54) is 0 Å². The van der Waals surface area contributed by atoms with Crippen molar-refractivity contribution in [2.45, 2.75) is 26.3 Å². The van der Waals surface area contributed by atoms with Gasteiger partial charge in [-0.3, -0.25) is 4.79 Å². The molecule has 14 heavy (non-hydrogen) atoms. The van der Waals surface area contributed by atoms with E-state index in [1.807, 2.05) is 0 Å². The second kappa shape index (κ2) is 5.24. The van der Waals surface area contributed by atoms with Crippen molar-refractivity contribution in [2.75, 3.05) is 19.7 Å². The number of carbonyl (C=O) groups excluding carboxylic acids is 1. The molecule has 5 heteroatoms. The van der Waals surface area contributed by atoms with Gasteiger partial charge in [-0.1, -0.05) is 0 Å². The monoisotopic (exact) mass is 207 g/mol. The summed E-state index contributed by atoms with van der Waals surface area (Å²) in [6.07, 6.45) is 0.951. The van der Waals surface area contributed by atoms with Gasteiger partial charge in [-0.15, -0.1) is 0 Å². The molecule has 1 aliphatic heterocycles. The standard InChI is InChI=1S/C9H15F2NO2/c1-2-14-8(13)7-3-5-12(6-4-7)9(10)11/h7,9H,2-6H2,1H3. The zero-order valence-corrected chi connectivity index (χ0v) is 8.21. The number of nitrogens with zero attached hydrogens (tertiary/aromatic N) is 1. The van der Waals surface area contributed by atoms with E-state index in [2.05, 4.69) is 0 Å². The van der Waals surface area contributed by atoms with Gasteiger partial charge in [0.2, 0.25) is 0 Å². The summed E-state index contributed by atoms with van der Waals surface area (Å²) in [6.45, 7) is 0.251. The van der Waals surface area contributed by atoms with E-state index in [-0.39, 0.29) is 25.0 Å². The van der Waals surface area contributed by atoms with Gasteiger partial charge >= 0.3 is 5.97 Å². The molecule has 82 valence electrons. The molecule has 0 spiro atoms. The van der Waals surface area contributed by atoms with E-state index in [9.17, 15) is 13.6 Å². The third kappa shape index (κ3) is 2.90. The Bertz CT molecular complexity index is 191. The fraction of sp³-hybridized carbons (Fsp3) is 0.889. The number of carbonyl (C=O) groups is 1. The molecule has 0 bridgehead atoms. The Hall–Kier alpha value is -0.710. The zero-order valence-electron chi connectivity index (χ0n) is 8.21. The summed E-state index contributed by atoms with van der Waals surface area (Å²) in [4.78, 5) is 12.3. The van der Waals surface area contributed by atoms with Crippen LogP contribution in [0.15, 0.2) is 0 Å². The van der Waals surface area contributed by atoms with Crippen LogP contribution in [0.5, 0.6) is 0 Å². The van der Waals surface area contributed by atoms with Crippen LogP contribution in [0.4, 0.5) is 8.78 Å². The van der Waals surface area contributed by atoms with Crippen molar-refractivity contribution in [3.8, 4) is 0 Å². The predicted octanol–water partition coefficient (Wildman–Crippen LogP) is 1.48. The molecule has 1 rings (SSSR count). The van der Waals surface area contributed by atoms with E-state index < -0.39 is 6.55 Å². The van der Waals surface area contributed by atoms with Gasteiger partial charge in [0.05, 0.1) is 12.5 Å². The Labute approximate surface area is 82.0 Å². The number of hydrogen-bond donors (Lipinski definition) is 0. The Morgan fingerprint density at radius 2 is 2.07 bits per heavy atom. The van der Waals surface area contributed by atoms with Crippen LogP contribution in [-0.2, 0) is 9.53 Å². The van der Waals surface area contributed by atoms with Gasteiger partial charge < -0.3 is 4.74 Å². The maximum atomic E-state index is 12.2. The van der Waals surface area contributed by atoms with E-state index >= 15 is 0 Å². The van der Waals surface area contributed by atoms with Gasteiger partial charge in [0.15, 0.2) is 0 Å². The topological polar surface area (TPSA) is 29.5 Å². The molecule has 1 fully saturated rings. The molecule has 0 aromatic carbocycles. The van der Waals surface area contributed by atoms with Crippen LogP contribution in [0.3, 0.4) is 0 Å². The number of rotatable bonds is 3. The number of likely N-dealkylation sites (tertiary alicyclic amines) is 1. The van der Waals surface area contributed by atoms with Crippen LogP contribution in [0.2, 0.25) is 0 Å². The molecule has 0 amide bonds. The maximum Gasteiger partial charge on any atom is 0.309 e.